The topological polar surface area (TPSA) is 114 Å². The molecule has 3 N–H and O–H groups in total. The van der Waals surface area contributed by atoms with Gasteiger partial charge in [0.25, 0.3) is 0 Å². The molecule has 1 heterocycles. The largest absolute Gasteiger partial charge is 0.481 e. The van der Waals surface area contributed by atoms with Gasteiger partial charge in [-0.2, -0.15) is 0 Å². The zero-order valence-electron chi connectivity index (χ0n) is 20.0. The summed E-state index contributed by atoms with van der Waals surface area (Å²) in [7, 11) is 0. The van der Waals surface area contributed by atoms with Crippen molar-refractivity contribution in [2.45, 2.75) is 32.2 Å². The molecule has 2 amide bonds. The van der Waals surface area contributed by atoms with Crippen LogP contribution in [-0.4, -0.2) is 55.5 Å². The minimum Gasteiger partial charge on any atom is -0.481 e. The molecule has 1 aliphatic carbocycles. The lowest BCUT2D eigenvalue weighted by Gasteiger charge is -2.23. The fraction of sp³-hybridized carbons (Fsp3) is 0.444. The highest BCUT2D eigenvalue weighted by Crippen LogP contribution is 2.44. The van der Waals surface area contributed by atoms with Gasteiger partial charge in [-0.25, -0.2) is 4.79 Å². The van der Waals surface area contributed by atoms with Crippen molar-refractivity contribution < 1.29 is 29.0 Å². The Morgan fingerprint density at radius 3 is 2.26 bits per heavy atom. The van der Waals surface area contributed by atoms with Gasteiger partial charge in [0, 0.05) is 12.5 Å². The van der Waals surface area contributed by atoms with Crippen molar-refractivity contribution >= 4 is 18.0 Å². The van der Waals surface area contributed by atoms with Gasteiger partial charge in [0.05, 0.1) is 25.2 Å². The maximum Gasteiger partial charge on any atom is 0.407 e. The van der Waals surface area contributed by atoms with E-state index in [-0.39, 0.29) is 44.1 Å². The number of fused-ring (bicyclic) bond motifs is 3. The molecule has 0 bridgehead atoms. The first kappa shape index (κ1) is 24.7. The number of nitrogens with one attached hydrogen (secondary N) is 2. The van der Waals surface area contributed by atoms with Gasteiger partial charge in [-0.05, 0) is 34.6 Å². The monoisotopic (exact) mass is 480 g/mol. The van der Waals surface area contributed by atoms with Crippen molar-refractivity contribution in [3.8, 4) is 11.1 Å². The highest BCUT2D eigenvalue weighted by Gasteiger charge is 2.36. The van der Waals surface area contributed by atoms with Crippen LogP contribution in [0, 0.1) is 17.8 Å². The molecule has 0 spiro atoms. The molecule has 0 saturated carbocycles. The van der Waals surface area contributed by atoms with Gasteiger partial charge in [-0.15, -0.1) is 0 Å². The predicted octanol–water partition coefficient (Wildman–Crippen LogP) is 3.40. The lowest BCUT2D eigenvalue weighted by molar-refractivity contribution is -0.142. The minimum absolute atomic E-state index is 0.0433. The summed E-state index contributed by atoms with van der Waals surface area (Å²) in [6.07, 6.45) is -0.0399. The van der Waals surface area contributed by atoms with E-state index >= 15 is 0 Å². The Hall–Kier alpha value is -3.39. The number of aliphatic carboxylic acids is 1. The zero-order valence-corrected chi connectivity index (χ0v) is 20.0. The van der Waals surface area contributed by atoms with Crippen molar-refractivity contribution in [2.24, 2.45) is 17.8 Å². The van der Waals surface area contributed by atoms with Crippen molar-refractivity contribution in [3.63, 3.8) is 0 Å². The SMILES string of the molecule is CC(C)CC(CNC(=O)OCC1c2ccccc2-c2ccccc21)C(=O)NC1COCC1C(=O)O. The quantitative estimate of drug-likeness (QED) is 0.507. The first-order chi connectivity index (χ1) is 16.8. The standard InChI is InChI=1S/C27H32N2O6/c1-16(2)11-17(25(30)29-24-15-34-13-23(24)26(31)32)12-28-27(33)35-14-22-20-9-5-3-7-18(20)19-8-4-6-10-21(19)22/h3-10,16-17,22-24H,11-15H2,1-2H3,(H,28,33)(H,29,30)(H,31,32). The Bertz CT molecular complexity index is 1040. The number of hydrogen-bond donors (Lipinski definition) is 3. The molecule has 3 unspecified atom stereocenters. The minimum atomic E-state index is -0.995. The van der Waals surface area contributed by atoms with Crippen LogP contribution in [0.25, 0.3) is 11.1 Å². The number of carbonyl (C=O) groups is 3. The molecule has 8 nitrogen and oxygen atoms in total. The molecular formula is C27H32N2O6. The van der Waals surface area contributed by atoms with Crippen molar-refractivity contribution in [2.75, 3.05) is 26.4 Å². The van der Waals surface area contributed by atoms with E-state index < -0.39 is 29.9 Å². The Labute approximate surface area is 205 Å². The molecule has 8 heteroatoms. The second kappa shape index (κ2) is 10.9. The van der Waals surface area contributed by atoms with E-state index in [9.17, 15) is 19.5 Å². The second-order valence-corrected chi connectivity index (χ2v) is 9.63. The highest BCUT2D eigenvalue weighted by molar-refractivity contribution is 5.82. The number of amides is 2. The summed E-state index contributed by atoms with van der Waals surface area (Å²) in [5.41, 5.74) is 4.57. The maximum absolute atomic E-state index is 12.9. The molecule has 1 saturated heterocycles. The van der Waals surface area contributed by atoms with E-state index in [2.05, 4.69) is 34.9 Å². The summed E-state index contributed by atoms with van der Waals surface area (Å²) < 4.78 is 10.8. The number of carboxylic acids is 1. The molecule has 1 fully saturated rings. The average molecular weight is 481 g/mol. The number of alkyl carbamates (subject to hydrolysis) is 1. The third kappa shape index (κ3) is 5.65. The molecule has 4 rings (SSSR count). The van der Waals surface area contributed by atoms with Gasteiger partial charge < -0.3 is 25.2 Å². The normalized spacial score (nSPS) is 19.6. The van der Waals surface area contributed by atoms with Crippen LogP contribution in [0.1, 0.15) is 37.3 Å². The Balaban J connectivity index is 1.34. The lowest BCUT2D eigenvalue weighted by atomic mass is 9.95. The summed E-state index contributed by atoms with van der Waals surface area (Å²) in [6.45, 7) is 4.52. The molecular weight excluding hydrogens is 448 g/mol. The van der Waals surface area contributed by atoms with Gasteiger partial charge >= 0.3 is 12.1 Å². The van der Waals surface area contributed by atoms with Crippen LogP contribution in [-0.2, 0) is 19.1 Å². The molecule has 2 aromatic carbocycles. The van der Waals surface area contributed by atoms with Gasteiger partial charge in [-0.3, -0.25) is 9.59 Å². The molecule has 2 aliphatic rings. The predicted molar refractivity (Wildman–Crippen MR) is 130 cm³/mol. The molecule has 0 aromatic heterocycles. The van der Waals surface area contributed by atoms with Crippen LogP contribution in [0.2, 0.25) is 0 Å². The Morgan fingerprint density at radius 1 is 1.03 bits per heavy atom. The number of ether oxygens (including phenoxy) is 2. The fourth-order valence-electron chi connectivity index (χ4n) is 4.95. The van der Waals surface area contributed by atoms with Crippen LogP contribution in [0.15, 0.2) is 48.5 Å². The van der Waals surface area contributed by atoms with Crippen molar-refractivity contribution in [1.29, 1.82) is 0 Å². The van der Waals surface area contributed by atoms with Crippen molar-refractivity contribution in [1.82, 2.24) is 10.6 Å². The van der Waals surface area contributed by atoms with Crippen LogP contribution in [0.3, 0.4) is 0 Å². The van der Waals surface area contributed by atoms with Crippen molar-refractivity contribution in [3.05, 3.63) is 59.7 Å². The van der Waals surface area contributed by atoms with E-state index in [1.165, 1.54) is 0 Å². The Morgan fingerprint density at radius 2 is 1.66 bits per heavy atom. The third-order valence-corrected chi connectivity index (χ3v) is 6.69. The Kier molecular flexibility index (Phi) is 7.70. The number of hydrogen-bond acceptors (Lipinski definition) is 5. The number of carboxylic acid groups (broad SMARTS) is 1. The highest BCUT2D eigenvalue weighted by atomic mass is 16.5. The van der Waals surface area contributed by atoms with Gasteiger partial charge in [0.2, 0.25) is 5.91 Å². The van der Waals surface area contributed by atoms with E-state index in [0.29, 0.717) is 6.42 Å². The molecule has 3 atom stereocenters. The summed E-state index contributed by atoms with van der Waals surface area (Å²) in [5.74, 6) is -2.40. The third-order valence-electron chi connectivity index (χ3n) is 6.69. The summed E-state index contributed by atoms with van der Waals surface area (Å²) in [4.78, 5) is 36.9. The molecule has 1 aliphatic heterocycles. The smallest absolute Gasteiger partial charge is 0.407 e. The molecule has 2 aromatic rings. The van der Waals surface area contributed by atoms with E-state index in [4.69, 9.17) is 9.47 Å². The zero-order chi connectivity index (χ0) is 24.9. The summed E-state index contributed by atoms with van der Waals surface area (Å²) in [6, 6.07) is 15.7. The number of rotatable bonds is 9. The van der Waals surface area contributed by atoms with E-state index in [1.807, 2.05) is 38.1 Å². The lowest BCUT2D eigenvalue weighted by Crippen LogP contribution is -2.47. The summed E-state index contributed by atoms with van der Waals surface area (Å²) >= 11 is 0. The van der Waals surface area contributed by atoms with Crippen LogP contribution in [0.4, 0.5) is 4.79 Å². The van der Waals surface area contributed by atoms with Crippen LogP contribution < -0.4 is 10.6 Å². The molecule has 35 heavy (non-hydrogen) atoms. The van der Waals surface area contributed by atoms with E-state index in [0.717, 1.165) is 22.3 Å². The first-order valence-corrected chi connectivity index (χ1v) is 12.0. The first-order valence-electron chi connectivity index (χ1n) is 12.0. The summed E-state index contributed by atoms with van der Waals surface area (Å²) in [5, 5.41) is 14.9. The average Bonchev–Trinajstić information content (AvgIpc) is 3.43. The van der Waals surface area contributed by atoms with Gasteiger partial charge in [0.15, 0.2) is 0 Å². The fourth-order valence-corrected chi connectivity index (χ4v) is 4.95. The second-order valence-electron chi connectivity index (χ2n) is 9.63. The van der Waals surface area contributed by atoms with Gasteiger partial charge in [0.1, 0.15) is 12.5 Å². The van der Waals surface area contributed by atoms with Crippen LogP contribution in [0.5, 0.6) is 0 Å². The van der Waals surface area contributed by atoms with Gasteiger partial charge in [-0.1, -0.05) is 62.4 Å². The number of benzene rings is 2. The van der Waals surface area contributed by atoms with Crippen LogP contribution >= 0.6 is 0 Å². The number of carbonyl (C=O) groups excluding carboxylic acids is 2. The molecule has 0 radical (unpaired) electrons. The maximum atomic E-state index is 12.9. The van der Waals surface area contributed by atoms with E-state index in [1.54, 1.807) is 0 Å². The molecule has 186 valence electrons.